The number of likely N-dealkylation sites (tertiary alicyclic amines) is 1. The van der Waals surface area contributed by atoms with E-state index in [0.717, 1.165) is 24.2 Å². The summed E-state index contributed by atoms with van der Waals surface area (Å²) in [5, 5.41) is 0. The van der Waals surface area contributed by atoms with Gasteiger partial charge in [0, 0.05) is 18.8 Å². The maximum absolute atomic E-state index is 12.7. The van der Waals surface area contributed by atoms with Crippen LogP contribution in [0.2, 0.25) is 0 Å². The summed E-state index contributed by atoms with van der Waals surface area (Å²) in [6.07, 6.45) is 3.66. The summed E-state index contributed by atoms with van der Waals surface area (Å²) in [5.41, 5.74) is 3.64. The number of hydrogen-bond donors (Lipinski definition) is 0. The lowest BCUT2D eigenvalue weighted by atomic mass is 10.0. The fourth-order valence-corrected chi connectivity index (χ4v) is 2.96. The van der Waals surface area contributed by atoms with Crippen LogP contribution in [0.1, 0.15) is 34.6 Å². The van der Waals surface area contributed by atoms with Gasteiger partial charge in [-0.05, 0) is 56.0 Å². The minimum absolute atomic E-state index is 0.0246. The molecule has 2 aromatic rings. The first-order valence-corrected chi connectivity index (χ1v) is 8.73. The fraction of sp³-hybridized carbons (Fsp3) is 0.273. The van der Waals surface area contributed by atoms with Crippen molar-refractivity contribution in [2.75, 3.05) is 20.2 Å². The van der Waals surface area contributed by atoms with Crippen molar-refractivity contribution < 1.29 is 9.53 Å². The molecule has 26 heavy (non-hydrogen) atoms. The van der Waals surface area contributed by atoms with E-state index in [1.807, 2.05) is 60.4 Å². The van der Waals surface area contributed by atoms with Gasteiger partial charge in [0.05, 0.1) is 12.7 Å². The number of para-hydroxylation sites is 1. The second-order valence-electron chi connectivity index (χ2n) is 6.23. The molecule has 3 rings (SSSR count). The third-order valence-corrected chi connectivity index (χ3v) is 4.40. The summed E-state index contributed by atoms with van der Waals surface area (Å²) >= 11 is 0. The Kier molecular flexibility index (Phi) is 5.70. The number of aromatic nitrogens is 1. The van der Waals surface area contributed by atoms with Crippen LogP contribution in [0.4, 0.5) is 0 Å². The van der Waals surface area contributed by atoms with Crippen molar-refractivity contribution in [2.24, 2.45) is 0 Å². The normalized spacial score (nSPS) is 13.6. The van der Waals surface area contributed by atoms with E-state index in [1.54, 1.807) is 7.11 Å². The number of amides is 1. The number of methoxy groups -OCH3 is 1. The van der Waals surface area contributed by atoms with Crippen LogP contribution in [-0.2, 0) is 0 Å². The first-order chi connectivity index (χ1) is 12.7. The van der Waals surface area contributed by atoms with Gasteiger partial charge >= 0.3 is 0 Å². The average Bonchev–Trinajstić information content (AvgIpc) is 2.68. The molecule has 2 heterocycles. The first-order valence-electron chi connectivity index (χ1n) is 8.73. The van der Waals surface area contributed by atoms with Crippen molar-refractivity contribution in [1.29, 1.82) is 0 Å². The van der Waals surface area contributed by atoms with Crippen molar-refractivity contribution in [3.05, 3.63) is 71.1 Å². The Balaban J connectivity index is 1.61. The minimum Gasteiger partial charge on any atom is -0.496 e. The zero-order chi connectivity index (χ0) is 18.4. The number of piperidine rings is 1. The van der Waals surface area contributed by atoms with Crippen molar-refractivity contribution in [2.45, 2.75) is 19.8 Å². The number of aryl methyl sites for hydroxylation is 1. The standard InChI is InChI=1S/C22H22N2O2/c1-17-7-5-9-19(23-17)10-6-8-18-13-15-24(16-14-18)22(25)20-11-3-4-12-21(20)26-2/h3-5,7-9,11-12H,13-16H2,1-2H3. The molecule has 1 aromatic carbocycles. The Morgan fingerprint density at radius 1 is 1.15 bits per heavy atom. The highest BCUT2D eigenvalue weighted by molar-refractivity contribution is 5.97. The van der Waals surface area contributed by atoms with E-state index in [-0.39, 0.29) is 5.91 Å². The number of allylic oxidation sites excluding steroid dienone is 1. The zero-order valence-electron chi connectivity index (χ0n) is 15.2. The van der Waals surface area contributed by atoms with Gasteiger partial charge in [0.1, 0.15) is 11.4 Å². The van der Waals surface area contributed by atoms with Crippen LogP contribution in [0.25, 0.3) is 0 Å². The van der Waals surface area contributed by atoms with Crippen LogP contribution in [0.5, 0.6) is 5.75 Å². The molecule has 1 amide bonds. The van der Waals surface area contributed by atoms with Gasteiger partial charge in [-0.25, -0.2) is 4.98 Å². The lowest BCUT2D eigenvalue weighted by molar-refractivity contribution is 0.0740. The summed E-state index contributed by atoms with van der Waals surface area (Å²) in [5.74, 6) is 6.81. The molecule has 0 bridgehead atoms. The predicted molar refractivity (Wildman–Crippen MR) is 102 cm³/mol. The van der Waals surface area contributed by atoms with Crippen molar-refractivity contribution in [3.8, 4) is 17.6 Å². The Hall–Kier alpha value is -3.06. The highest BCUT2D eigenvalue weighted by Crippen LogP contribution is 2.23. The van der Waals surface area contributed by atoms with E-state index >= 15 is 0 Å². The smallest absolute Gasteiger partial charge is 0.257 e. The average molecular weight is 346 g/mol. The molecule has 0 atom stereocenters. The van der Waals surface area contributed by atoms with E-state index in [9.17, 15) is 4.79 Å². The quantitative estimate of drug-likeness (QED) is 0.780. The third-order valence-electron chi connectivity index (χ3n) is 4.40. The highest BCUT2D eigenvalue weighted by atomic mass is 16.5. The van der Waals surface area contributed by atoms with E-state index in [2.05, 4.69) is 16.8 Å². The van der Waals surface area contributed by atoms with Crippen molar-refractivity contribution >= 4 is 5.91 Å². The largest absolute Gasteiger partial charge is 0.496 e. The number of pyridine rings is 1. The van der Waals surface area contributed by atoms with Crippen LogP contribution in [0.15, 0.2) is 54.1 Å². The lowest BCUT2D eigenvalue weighted by Gasteiger charge is -2.28. The number of hydrogen-bond acceptors (Lipinski definition) is 3. The van der Waals surface area contributed by atoms with E-state index in [4.69, 9.17) is 4.74 Å². The molecule has 0 radical (unpaired) electrons. The molecule has 1 aliphatic rings. The van der Waals surface area contributed by atoms with Crippen LogP contribution in [-0.4, -0.2) is 36.0 Å². The maximum atomic E-state index is 12.7. The molecule has 1 fully saturated rings. The molecule has 1 saturated heterocycles. The van der Waals surface area contributed by atoms with E-state index in [0.29, 0.717) is 24.4 Å². The molecule has 132 valence electrons. The summed E-state index contributed by atoms with van der Waals surface area (Å²) in [6, 6.07) is 13.2. The monoisotopic (exact) mass is 346 g/mol. The van der Waals surface area contributed by atoms with Gasteiger partial charge < -0.3 is 9.64 Å². The van der Waals surface area contributed by atoms with E-state index < -0.39 is 0 Å². The molecule has 0 unspecified atom stereocenters. The van der Waals surface area contributed by atoms with Gasteiger partial charge in [0.15, 0.2) is 0 Å². The highest BCUT2D eigenvalue weighted by Gasteiger charge is 2.22. The molecule has 0 saturated carbocycles. The Morgan fingerprint density at radius 3 is 2.65 bits per heavy atom. The van der Waals surface area contributed by atoms with Crippen LogP contribution < -0.4 is 4.74 Å². The molecule has 4 heteroatoms. The minimum atomic E-state index is 0.0246. The van der Waals surface area contributed by atoms with Crippen molar-refractivity contribution in [3.63, 3.8) is 0 Å². The molecule has 4 nitrogen and oxygen atoms in total. The van der Waals surface area contributed by atoms with Gasteiger partial charge in [-0.3, -0.25) is 4.79 Å². The summed E-state index contributed by atoms with van der Waals surface area (Å²) < 4.78 is 5.30. The van der Waals surface area contributed by atoms with E-state index in [1.165, 1.54) is 5.57 Å². The van der Waals surface area contributed by atoms with Crippen LogP contribution in [0.3, 0.4) is 0 Å². The first kappa shape index (κ1) is 17.8. The van der Waals surface area contributed by atoms with Crippen molar-refractivity contribution in [1.82, 2.24) is 9.88 Å². The Labute approximate surface area is 154 Å². The van der Waals surface area contributed by atoms with Crippen LogP contribution in [0, 0.1) is 18.8 Å². The predicted octanol–water partition coefficient (Wildman–Crippen LogP) is 3.61. The maximum Gasteiger partial charge on any atom is 0.257 e. The third kappa shape index (κ3) is 4.31. The topological polar surface area (TPSA) is 42.4 Å². The number of ether oxygens (including phenoxy) is 1. The molecule has 1 aromatic heterocycles. The van der Waals surface area contributed by atoms with Gasteiger partial charge in [0.2, 0.25) is 0 Å². The summed E-state index contributed by atoms with van der Waals surface area (Å²) in [6.45, 7) is 3.36. The molecule has 0 spiro atoms. The number of nitrogens with zero attached hydrogens (tertiary/aromatic N) is 2. The second kappa shape index (κ2) is 8.35. The number of carbonyl (C=O) groups excluding carboxylic acids is 1. The molecular weight excluding hydrogens is 324 g/mol. The Morgan fingerprint density at radius 2 is 1.92 bits per heavy atom. The number of carbonyl (C=O) groups is 1. The SMILES string of the molecule is COc1ccccc1C(=O)N1CCC(=CC#Cc2cccc(C)n2)CC1. The summed E-state index contributed by atoms with van der Waals surface area (Å²) in [7, 11) is 1.59. The number of rotatable bonds is 2. The molecule has 0 aliphatic carbocycles. The van der Waals surface area contributed by atoms with Gasteiger partial charge in [-0.15, -0.1) is 0 Å². The van der Waals surface area contributed by atoms with Gasteiger partial charge in [-0.1, -0.05) is 29.7 Å². The Bertz CT molecular complexity index is 880. The second-order valence-corrected chi connectivity index (χ2v) is 6.23. The molecule has 1 aliphatic heterocycles. The molecule has 0 N–H and O–H groups in total. The fourth-order valence-electron chi connectivity index (χ4n) is 2.96. The summed E-state index contributed by atoms with van der Waals surface area (Å²) in [4.78, 5) is 19.0. The lowest BCUT2D eigenvalue weighted by Crippen LogP contribution is -2.36. The number of benzene rings is 1. The van der Waals surface area contributed by atoms with Crippen LogP contribution >= 0.6 is 0 Å². The zero-order valence-corrected chi connectivity index (χ0v) is 15.2. The molecular formula is C22H22N2O2. The van der Waals surface area contributed by atoms with Gasteiger partial charge in [-0.2, -0.15) is 0 Å². The van der Waals surface area contributed by atoms with Gasteiger partial charge in [0.25, 0.3) is 5.91 Å².